The first-order valence-corrected chi connectivity index (χ1v) is 10.1. The number of para-hydroxylation sites is 1. The largest absolute Gasteiger partial charge is 0.454 e. The Morgan fingerprint density at radius 3 is 2.52 bits per heavy atom. The number of hydrogen-bond acceptors (Lipinski definition) is 5. The average molecular weight is 385 g/mol. The molecule has 27 heavy (non-hydrogen) atoms. The van der Waals surface area contributed by atoms with Crippen LogP contribution in [0.2, 0.25) is 0 Å². The van der Waals surface area contributed by atoms with Gasteiger partial charge in [-0.25, -0.2) is 4.79 Å². The van der Waals surface area contributed by atoms with Crippen LogP contribution in [0.15, 0.2) is 45.5 Å². The zero-order chi connectivity index (χ0) is 19.0. The monoisotopic (exact) mass is 384 g/mol. The molecule has 1 fully saturated rings. The topological polar surface area (TPSA) is 45.9 Å². The average Bonchev–Trinajstić information content (AvgIpc) is 3.28. The SMILES string of the molecule is CC(C)(C)OC(=O)N1CCN(c2c(-c3ccsc3)oc3ccccc23)CC1. The molecule has 1 amide bonds. The van der Waals surface area contributed by atoms with E-state index < -0.39 is 5.60 Å². The molecule has 0 radical (unpaired) electrons. The minimum atomic E-state index is -0.471. The minimum absolute atomic E-state index is 0.239. The zero-order valence-electron chi connectivity index (χ0n) is 15.9. The van der Waals surface area contributed by atoms with Crippen molar-refractivity contribution >= 4 is 34.1 Å². The molecular weight excluding hydrogens is 360 g/mol. The van der Waals surface area contributed by atoms with Gasteiger partial charge >= 0.3 is 6.09 Å². The Morgan fingerprint density at radius 1 is 1.11 bits per heavy atom. The molecule has 5 nitrogen and oxygen atoms in total. The van der Waals surface area contributed by atoms with Gasteiger partial charge in [-0.3, -0.25) is 0 Å². The third-order valence-electron chi connectivity index (χ3n) is 4.60. The van der Waals surface area contributed by atoms with Crippen LogP contribution in [0.5, 0.6) is 0 Å². The summed E-state index contributed by atoms with van der Waals surface area (Å²) < 4.78 is 11.7. The van der Waals surface area contributed by atoms with Crippen molar-refractivity contribution in [3.63, 3.8) is 0 Å². The number of hydrogen-bond donors (Lipinski definition) is 0. The Labute approximate surface area is 163 Å². The number of fused-ring (bicyclic) bond motifs is 1. The molecule has 3 heterocycles. The van der Waals surface area contributed by atoms with E-state index in [2.05, 4.69) is 27.8 Å². The summed E-state index contributed by atoms with van der Waals surface area (Å²) in [7, 11) is 0. The number of furan rings is 1. The van der Waals surface area contributed by atoms with Crippen molar-refractivity contribution in [3.8, 4) is 11.3 Å². The maximum atomic E-state index is 12.3. The van der Waals surface area contributed by atoms with E-state index in [0.29, 0.717) is 13.1 Å². The highest BCUT2D eigenvalue weighted by atomic mass is 32.1. The van der Waals surface area contributed by atoms with E-state index in [1.165, 1.54) is 0 Å². The molecule has 6 heteroatoms. The Hall–Kier alpha value is -2.47. The number of carbonyl (C=O) groups excluding carboxylic acids is 1. The number of thiophene rings is 1. The smallest absolute Gasteiger partial charge is 0.410 e. The number of rotatable bonds is 2. The molecule has 0 spiro atoms. The molecule has 1 aliphatic rings. The van der Waals surface area contributed by atoms with Gasteiger partial charge in [-0.2, -0.15) is 11.3 Å². The molecule has 0 atom stereocenters. The third kappa shape index (κ3) is 3.67. The summed E-state index contributed by atoms with van der Waals surface area (Å²) in [5.74, 6) is 0.906. The van der Waals surface area contributed by atoms with Crippen LogP contribution in [0.4, 0.5) is 10.5 Å². The summed E-state index contributed by atoms with van der Waals surface area (Å²) in [4.78, 5) is 16.4. The number of ether oxygens (including phenoxy) is 1. The molecule has 0 aliphatic carbocycles. The molecule has 0 saturated carbocycles. The molecule has 3 aromatic rings. The lowest BCUT2D eigenvalue weighted by atomic mass is 10.1. The quantitative estimate of drug-likeness (QED) is 0.608. The molecule has 142 valence electrons. The van der Waals surface area contributed by atoms with Gasteiger partial charge in [0.2, 0.25) is 0 Å². The van der Waals surface area contributed by atoms with Gasteiger partial charge < -0.3 is 19.0 Å². The second-order valence-electron chi connectivity index (χ2n) is 7.74. The summed E-state index contributed by atoms with van der Waals surface area (Å²) in [6.07, 6.45) is -0.239. The van der Waals surface area contributed by atoms with E-state index in [1.807, 2.05) is 39.0 Å². The molecule has 0 N–H and O–H groups in total. The van der Waals surface area contributed by atoms with Crippen LogP contribution in [0.3, 0.4) is 0 Å². The number of piperazine rings is 1. The van der Waals surface area contributed by atoms with Crippen LogP contribution >= 0.6 is 11.3 Å². The van der Waals surface area contributed by atoms with Crippen molar-refractivity contribution < 1.29 is 13.9 Å². The highest BCUT2D eigenvalue weighted by molar-refractivity contribution is 7.08. The van der Waals surface area contributed by atoms with Gasteiger partial charge in [-0.05, 0) is 44.4 Å². The van der Waals surface area contributed by atoms with Crippen LogP contribution in [0, 0.1) is 0 Å². The van der Waals surface area contributed by atoms with E-state index >= 15 is 0 Å². The van der Waals surface area contributed by atoms with Crippen molar-refractivity contribution in [1.82, 2.24) is 4.90 Å². The molecule has 1 aromatic carbocycles. The Morgan fingerprint density at radius 2 is 1.85 bits per heavy atom. The van der Waals surface area contributed by atoms with Gasteiger partial charge in [0.1, 0.15) is 11.2 Å². The second kappa shape index (κ2) is 6.93. The minimum Gasteiger partial charge on any atom is -0.454 e. The fourth-order valence-electron chi connectivity index (χ4n) is 3.37. The van der Waals surface area contributed by atoms with Crippen molar-refractivity contribution in [3.05, 3.63) is 41.1 Å². The first-order chi connectivity index (χ1) is 12.9. The highest BCUT2D eigenvalue weighted by Gasteiger charge is 2.29. The standard InChI is InChI=1S/C21H24N2O3S/c1-21(2,3)26-20(24)23-11-9-22(10-12-23)18-16-6-4-5-7-17(16)25-19(18)15-8-13-27-14-15/h4-8,13-14H,9-12H2,1-3H3. The van der Waals surface area contributed by atoms with E-state index in [1.54, 1.807) is 16.2 Å². The normalized spacial score (nSPS) is 15.4. The lowest BCUT2D eigenvalue weighted by Gasteiger charge is -2.36. The summed E-state index contributed by atoms with van der Waals surface area (Å²) in [6.45, 7) is 8.46. The molecule has 1 aliphatic heterocycles. The first kappa shape index (κ1) is 17.9. The number of benzene rings is 1. The van der Waals surface area contributed by atoms with Gasteiger partial charge in [-0.1, -0.05) is 12.1 Å². The van der Waals surface area contributed by atoms with Gasteiger partial charge in [0, 0.05) is 42.5 Å². The summed E-state index contributed by atoms with van der Waals surface area (Å²) in [5, 5.41) is 5.29. The fraction of sp³-hybridized carbons (Fsp3) is 0.381. The van der Waals surface area contributed by atoms with E-state index in [-0.39, 0.29) is 6.09 Å². The maximum absolute atomic E-state index is 12.3. The molecule has 2 aromatic heterocycles. The summed E-state index contributed by atoms with van der Waals surface area (Å²) in [6, 6.07) is 10.2. The predicted octanol–water partition coefficient (Wildman–Crippen LogP) is 5.22. The highest BCUT2D eigenvalue weighted by Crippen LogP contribution is 2.41. The second-order valence-corrected chi connectivity index (χ2v) is 8.52. The van der Waals surface area contributed by atoms with Gasteiger partial charge in [0.05, 0.1) is 5.69 Å². The van der Waals surface area contributed by atoms with Crippen molar-refractivity contribution in [2.24, 2.45) is 0 Å². The van der Waals surface area contributed by atoms with Crippen LogP contribution in [0.1, 0.15) is 20.8 Å². The molecular formula is C21H24N2O3S. The number of nitrogens with zero attached hydrogens (tertiary/aromatic N) is 2. The lowest BCUT2D eigenvalue weighted by Crippen LogP contribution is -2.50. The van der Waals surface area contributed by atoms with E-state index in [0.717, 1.165) is 41.1 Å². The summed E-state index contributed by atoms with van der Waals surface area (Å²) >= 11 is 1.66. The maximum Gasteiger partial charge on any atom is 0.410 e. The van der Waals surface area contributed by atoms with Crippen LogP contribution in [0.25, 0.3) is 22.3 Å². The Balaban J connectivity index is 1.59. The molecule has 4 rings (SSSR count). The lowest BCUT2D eigenvalue weighted by molar-refractivity contribution is 0.0241. The predicted molar refractivity (Wildman–Crippen MR) is 110 cm³/mol. The van der Waals surface area contributed by atoms with Crippen LogP contribution < -0.4 is 4.90 Å². The Kier molecular flexibility index (Phi) is 4.60. The van der Waals surface area contributed by atoms with Crippen molar-refractivity contribution in [2.45, 2.75) is 26.4 Å². The van der Waals surface area contributed by atoms with Gasteiger partial charge in [0.15, 0.2) is 5.76 Å². The first-order valence-electron chi connectivity index (χ1n) is 9.19. The Bertz CT molecular complexity index is 932. The third-order valence-corrected chi connectivity index (χ3v) is 5.28. The van der Waals surface area contributed by atoms with Crippen LogP contribution in [-0.4, -0.2) is 42.8 Å². The van der Waals surface area contributed by atoms with E-state index in [9.17, 15) is 4.79 Å². The van der Waals surface area contributed by atoms with Gasteiger partial charge in [0.25, 0.3) is 0 Å². The number of carbonyl (C=O) groups is 1. The molecule has 0 unspecified atom stereocenters. The fourth-order valence-corrected chi connectivity index (χ4v) is 4.01. The van der Waals surface area contributed by atoms with Gasteiger partial charge in [-0.15, -0.1) is 0 Å². The van der Waals surface area contributed by atoms with Crippen LogP contribution in [-0.2, 0) is 4.74 Å². The van der Waals surface area contributed by atoms with Crippen molar-refractivity contribution in [1.29, 1.82) is 0 Å². The molecule has 0 bridgehead atoms. The summed E-state index contributed by atoms with van der Waals surface area (Å²) in [5.41, 5.74) is 2.64. The van der Waals surface area contributed by atoms with Crippen molar-refractivity contribution in [2.75, 3.05) is 31.1 Å². The molecule has 1 saturated heterocycles. The van der Waals surface area contributed by atoms with E-state index in [4.69, 9.17) is 9.15 Å². The number of anilines is 1. The zero-order valence-corrected chi connectivity index (χ0v) is 16.7. The number of amides is 1.